The van der Waals surface area contributed by atoms with E-state index in [0.717, 1.165) is 63.3 Å². The molecule has 0 spiro atoms. The highest BCUT2D eigenvalue weighted by Gasteiger charge is 2.52. The molecule has 0 radical (unpaired) electrons. The second-order valence-corrected chi connectivity index (χ2v) is 18.5. The number of aromatic nitrogens is 3. The molecular formula is C49H45N5. The largest absolute Gasteiger partial charge is 0.208 e. The molecule has 8 saturated carbocycles. The Hall–Kier alpha value is -5.13. The zero-order valence-electron chi connectivity index (χ0n) is 30.8. The number of hydrogen-bond donors (Lipinski definition) is 0. The quantitative estimate of drug-likeness (QED) is 0.176. The van der Waals surface area contributed by atoms with Gasteiger partial charge >= 0.3 is 0 Å². The van der Waals surface area contributed by atoms with E-state index in [1.807, 2.05) is 36.4 Å². The van der Waals surface area contributed by atoms with Crippen molar-refractivity contribution in [1.29, 1.82) is 10.5 Å². The van der Waals surface area contributed by atoms with Crippen LogP contribution in [0.15, 0.2) is 91.0 Å². The average Bonchev–Trinajstić information content (AvgIpc) is 3.19. The molecule has 266 valence electrons. The fraction of sp³-hybridized carbons (Fsp3) is 0.408. The van der Waals surface area contributed by atoms with Crippen LogP contribution in [0.4, 0.5) is 0 Å². The summed E-state index contributed by atoms with van der Waals surface area (Å²) in [6, 6.07) is 36.3. The third kappa shape index (κ3) is 5.42. The average molecular weight is 704 g/mol. The number of benzene rings is 4. The summed E-state index contributed by atoms with van der Waals surface area (Å²) in [5.74, 6) is 7.50. The molecule has 0 aliphatic heterocycles. The van der Waals surface area contributed by atoms with Crippen molar-refractivity contribution in [2.75, 3.05) is 0 Å². The van der Waals surface area contributed by atoms with Gasteiger partial charge in [-0.1, -0.05) is 72.8 Å². The normalized spacial score (nSPS) is 31.3. The zero-order chi connectivity index (χ0) is 36.0. The van der Waals surface area contributed by atoms with E-state index >= 15 is 0 Å². The fourth-order valence-corrected chi connectivity index (χ4v) is 13.4. The summed E-state index contributed by atoms with van der Waals surface area (Å²) >= 11 is 0. The SMILES string of the molecule is N#Cc1cc(C#N)cc(-c2ccc(-c3nc(-c4ccc(C56C[C@H]7C[C@@H](C5)C[C@@H](C6)C7)cc4)nc(-c4ccc(C56C[C@H]7C[C@@H](C5)C[C@@H](C6)C7)cc4)n3)cc2)c1. The van der Waals surface area contributed by atoms with Gasteiger partial charge in [-0.3, -0.25) is 0 Å². The van der Waals surface area contributed by atoms with Crippen LogP contribution in [-0.2, 0) is 10.8 Å². The molecule has 8 aliphatic rings. The lowest BCUT2D eigenvalue weighted by Gasteiger charge is -2.57. The van der Waals surface area contributed by atoms with E-state index in [-0.39, 0.29) is 0 Å². The number of hydrogen-bond acceptors (Lipinski definition) is 5. The molecule has 8 fully saturated rings. The first-order valence-electron chi connectivity index (χ1n) is 20.5. The van der Waals surface area contributed by atoms with Gasteiger partial charge in [0.15, 0.2) is 17.5 Å². The second kappa shape index (κ2) is 12.2. The van der Waals surface area contributed by atoms with Gasteiger partial charge in [0.2, 0.25) is 0 Å². The molecular weight excluding hydrogens is 659 g/mol. The highest BCUT2D eigenvalue weighted by molar-refractivity contribution is 5.72. The molecule has 8 bridgehead atoms. The minimum absolute atomic E-state index is 0.351. The van der Waals surface area contributed by atoms with Gasteiger partial charge < -0.3 is 0 Å². The Bertz CT molecular complexity index is 2150. The van der Waals surface area contributed by atoms with E-state index in [0.29, 0.717) is 39.4 Å². The lowest BCUT2D eigenvalue weighted by Crippen LogP contribution is -2.48. The van der Waals surface area contributed by atoms with Gasteiger partial charge in [-0.15, -0.1) is 0 Å². The third-order valence-corrected chi connectivity index (χ3v) is 14.9. The van der Waals surface area contributed by atoms with Crippen LogP contribution in [0.25, 0.3) is 45.3 Å². The minimum atomic E-state index is 0.351. The second-order valence-electron chi connectivity index (χ2n) is 18.5. The van der Waals surface area contributed by atoms with Gasteiger partial charge in [-0.2, -0.15) is 10.5 Å². The van der Waals surface area contributed by atoms with Crippen molar-refractivity contribution in [3.8, 4) is 57.4 Å². The van der Waals surface area contributed by atoms with Crippen molar-refractivity contribution >= 4 is 0 Å². The molecule has 1 aromatic heterocycles. The summed E-state index contributed by atoms with van der Waals surface area (Å²) < 4.78 is 0. The highest BCUT2D eigenvalue weighted by atomic mass is 15.0. The summed E-state index contributed by atoms with van der Waals surface area (Å²) in [4.78, 5) is 15.4. The van der Waals surface area contributed by atoms with Crippen molar-refractivity contribution in [1.82, 2.24) is 15.0 Å². The smallest absolute Gasteiger partial charge is 0.164 e. The molecule has 0 amide bonds. The molecule has 5 heteroatoms. The minimum Gasteiger partial charge on any atom is -0.208 e. The van der Waals surface area contributed by atoms with Crippen molar-refractivity contribution in [2.24, 2.45) is 35.5 Å². The summed E-state index contributed by atoms with van der Waals surface area (Å²) in [6.07, 6.45) is 16.8. The number of rotatable bonds is 6. The standard InChI is InChI=1S/C49H45N5/c50-28-36-19-37(29-51)21-42(20-36)38-1-3-39(4-2-38)45-52-46(40-5-9-43(10-6-40)48-22-30-13-31(23-48)15-32(14-30)24-48)54-47(53-45)41-7-11-44(12-8-41)49-25-33-16-34(26-49)18-35(17-33)27-49/h1-12,19-21,30-35H,13-18,22-27H2/t30-,31+,32-,33-,34+,35-,48?,49?. The lowest BCUT2D eigenvalue weighted by atomic mass is 9.48. The van der Waals surface area contributed by atoms with Crippen LogP contribution in [0, 0.1) is 58.2 Å². The summed E-state index contributed by atoms with van der Waals surface area (Å²) in [5.41, 5.74) is 9.39. The summed E-state index contributed by atoms with van der Waals surface area (Å²) in [7, 11) is 0. The molecule has 0 unspecified atom stereocenters. The van der Waals surface area contributed by atoms with E-state index in [1.165, 1.54) is 88.2 Å². The first-order chi connectivity index (χ1) is 26.4. The summed E-state index contributed by atoms with van der Waals surface area (Å²) in [5, 5.41) is 19.1. The maximum Gasteiger partial charge on any atom is 0.164 e. The molecule has 13 rings (SSSR count). The van der Waals surface area contributed by atoms with Gasteiger partial charge in [0.05, 0.1) is 23.3 Å². The van der Waals surface area contributed by atoms with Gasteiger partial charge in [0, 0.05) is 16.7 Å². The number of nitriles is 2. The van der Waals surface area contributed by atoms with Crippen LogP contribution < -0.4 is 0 Å². The first kappa shape index (κ1) is 32.3. The lowest BCUT2D eigenvalue weighted by molar-refractivity contribution is -0.00530. The molecule has 8 aliphatic carbocycles. The maximum absolute atomic E-state index is 9.54. The Labute approximate surface area is 318 Å². The van der Waals surface area contributed by atoms with Crippen LogP contribution in [0.5, 0.6) is 0 Å². The van der Waals surface area contributed by atoms with Crippen molar-refractivity contribution < 1.29 is 0 Å². The first-order valence-corrected chi connectivity index (χ1v) is 20.5. The monoisotopic (exact) mass is 703 g/mol. The Kier molecular flexibility index (Phi) is 7.30. The molecule has 5 nitrogen and oxygen atoms in total. The van der Waals surface area contributed by atoms with Crippen LogP contribution in [-0.4, -0.2) is 15.0 Å². The molecule has 5 aromatic rings. The molecule has 0 N–H and O–H groups in total. The van der Waals surface area contributed by atoms with Gasteiger partial charge in [-0.05, 0) is 164 Å². The van der Waals surface area contributed by atoms with E-state index in [4.69, 9.17) is 15.0 Å². The number of nitrogens with zero attached hydrogens (tertiary/aromatic N) is 5. The fourth-order valence-electron chi connectivity index (χ4n) is 13.4. The van der Waals surface area contributed by atoms with E-state index < -0.39 is 0 Å². The third-order valence-electron chi connectivity index (χ3n) is 14.9. The zero-order valence-corrected chi connectivity index (χ0v) is 30.8. The van der Waals surface area contributed by atoms with E-state index in [9.17, 15) is 10.5 Å². The van der Waals surface area contributed by atoms with Gasteiger partial charge in [-0.25, -0.2) is 15.0 Å². The molecule has 0 saturated heterocycles. The van der Waals surface area contributed by atoms with Crippen LogP contribution in [0.3, 0.4) is 0 Å². The van der Waals surface area contributed by atoms with Crippen LogP contribution in [0.1, 0.15) is 99.3 Å². The molecule has 1 heterocycles. The highest BCUT2D eigenvalue weighted by Crippen LogP contribution is 2.62. The van der Waals surface area contributed by atoms with Crippen molar-refractivity contribution in [2.45, 2.75) is 87.9 Å². The Morgan fingerprint density at radius 2 is 0.685 bits per heavy atom. The molecule has 0 atom stereocenters. The topological polar surface area (TPSA) is 86.2 Å². The Morgan fingerprint density at radius 1 is 0.389 bits per heavy atom. The summed E-state index contributed by atoms with van der Waals surface area (Å²) in [6.45, 7) is 0. The van der Waals surface area contributed by atoms with Crippen molar-refractivity contribution in [3.63, 3.8) is 0 Å². The molecule has 4 aromatic carbocycles. The van der Waals surface area contributed by atoms with E-state index in [1.54, 1.807) is 6.07 Å². The Morgan fingerprint density at radius 3 is 1.00 bits per heavy atom. The molecule has 54 heavy (non-hydrogen) atoms. The van der Waals surface area contributed by atoms with Gasteiger partial charge in [0.1, 0.15) is 0 Å². The van der Waals surface area contributed by atoms with Crippen LogP contribution >= 0.6 is 0 Å². The van der Waals surface area contributed by atoms with Crippen LogP contribution in [0.2, 0.25) is 0 Å². The predicted octanol–water partition coefficient (Wildman–Crippen LogP) is 11.2. The Balaban J connectivity index is 0.954. The van der Waals surface area contributed by atoms with Gasteiger partial charge in [0.25, 0.3) is 0 Å². The van der Waals surface area contributed by atoms with E-state index in [2.05, 4.69) is 60.7 Å². The maximum atomic E-state index is 9.54. The predicted molar refractivity (Wildman–Crippen MR) is 211 cm³/mol. The van der Waals surface area contributed by atoms with Crippen molar-refractivity contribution in [3.05, 3.63) is 113 Å².